The molecule has 2 rings (SSSR count). The van der Waals surface area contributed by atoms with Gasteiger partial charge in [0.15, 0.2) is 5.96 Å². The van der Waals surface area contributed by atoms with Gasteiger partial charge in [0.2, 0.25) is 0 Å². The molecule has 0 bridgehead atoms. The number of hydrogen-bond acceptors (Lipinski definition) is 5. The Labute approximate surface area is 158 Å². The Kier molecular flexibility index (Phi) is 8.82. The van der Waals surface area contributed by atoms with Crippen molar-refractivity contribution in [3.05, 3.63) is 16.1 Å². The number of halogens is 1. The minimum Gasteiger partial charge on any atom is -0.466 e. The van der Waals surface area contributed by atoms with Gasteiger partial charge in [-0.1, -0.05) is 0 Å². The summed E-state index contributed by atoms with van der Waals surface area (Å²) >= 11 is 1.65. The number of aryl methyl sites for hydroxylation is 1. The van der Waals surface area contributed by atoms with E-state index >= 15 is 0 Å². The number of carbonyl (C=O) groups excluding carboxylic acids is 1. The van der Waals surface area contributed by atoms with Crippen LogP contribution in [-0.2, 0) is 16.1 Å². The van der Waals surface area contributed by atoms with E-state index < -0.39 is 0 Å². The zero-order chi connectivity index (χ0) is 15.9. The van der Waals surface area contributed by atoms with Gasteiger partial charge in [0.25, 0.3) is 0 Å². The molecule has 1 aromatic rings. The molecule has 1 saturated heterocycles. The molecular formula is C15H25IN4O2S. The second kappa shape index (κ2) is 10.1. The van der Waals surface area contributed by atoms with Crippen molar-refractivity contribution in [2.75, 3.05) is 26.7 Å². The first kappa shape index (κ1) is 20.1. The third-order valence-corrected chi connectivity index (χ3v) is 4.81. The number of piperidine rings is 1. The molecule has 0 spiro atoms. The number of esters is 1. The number of aromatic nitrogens is 1. The maximum Gasteiger partial charge on any atom is 0.309 e. The highest BCUT2D eigenvalue weighted by Gasteiger charge is 2.27. The number of hydrogen-bond donors (Lipinski definition) is 1. The lowest BCUT2D eigenvalue weighted by atomic mass is 9.97. The first-order valence-electron chi connectivity index (χ1n) is 7.66. The molecule has 1 fully saturated rings. The van der Waals surface area contributed by atoms with Gasteiger partial charge < -0.3 is 15.0 Å². The Morgan fingerprint density at radius 2 is 2.22 bits per heavy atom. The van der Waals surface area contributed by atoms with Crippen LogP contribution >= 0.6 is 35.3 Å². The fraction of sp³-hybridized carbons (Fsp3) is 0.667. The molecule has 0 aliphatic carbocycles. The van der Waals surface area contributed by atoms with Crippen LogP contribution in [0.2, 0.25) is 0 Å². The van der Waals surface area contributed by atoms with E-state index in [9.17, 15) is 4.79 Å². The fourth-order valence-corrected chi connectivity index (χ4v) is 3.29. The molecule has 1 aliphatic heterocycles. The van der Waals surface area contributed by atoms with Crippen molar-refractivity contribution in [3.63, 3.8) is 0 Å². The molecule has 1 N–H and O–H groups in total. The van der Waals surface area contributed by atoms with E-state index in [1.54, 1.807) is 18.4 Å². The molecule has 2 heterocycles. The summed E-state index contributed by atoms with van der Waals surface area (Å²) in [6, 6.07) is 0. The van der Waals surface area contributed by atoms with Crippen molar-refractivity contribution in [2.24, 2.45) is 10.9 Å². The van der Waals surface area contributed by atoms with Gasteiger partial charge in [0.05, 0.1) is 30.3 Å². The molecular weight excluding hydrogens is 427 g/mol. The maximum absolute atomic E-state index is 11.8. The lowest BCUT2D eigenvalue weighted by Crippen LogP contribution is -2.46. The van der Waals surface area contributed by atoms with Crippen molar-refractivity contribution in [3.8, 4) is 0 Å². The molecule has 0 aromatic carbocycles. The van der Waals surface area contributed by atoms with Crippen LogP contribution in [0.15, 0.2) is 10.5 Å². The van der Waals surface area contributed by atoms with Crippen molar-refractivity contribution in [1.29, 1.82) is 0 Å². The minimum absolute atomic E-state index is 0. The molecule has 0 radical (unpaired) electrons. The number of aliphatic imine (C=N–C) groups is 1. The van der Waals surface area contributed by atoms with Crippen molar-refractivity contribution in [2.45, 2.75) is 33.2 Å². The molecule has 130 valence electrons. The molecule has 0 saturated carbocycles. The summed E-state index contributed by atoms with van der Waals surface area (Å²) in [5.41, 5.74) is 2.92. The second-order valence-electron chi connectivity index (χ2n) is 5.28. The Morgan fingerprint density at radius 1 is 1.52 bits per heavy atom. The maximum atomic E-state index is 11.8. The Balaban J connectivity index is 0.00000264. The van der Waals surface area contributed by atoms with Crippen LogP contribution in [0.1, 0.15) is 30.3 Å². The molecule has 8 heteroatoms. The van der Waals surface area contributed by atoms with E-state index in [2.05, 4.69) is 20.2 Å². The molecule has 23 heavy (non-hydrogen) atoms. The summed E-state index contributed by atoms with van der Waals surface area (Å²) in [6.07, 6.45) is 1.64. The summed E-state index contributed by atoms with van der Waals surface area (Å²) < 4.78 is 5.10. The molecule has 6 nitrogen and oxygen atoms in total. The lowest BCUT2D eigenvalue weighted by molar-refractivity contribution is -0.149. The van der Waals surface area contributed by atoms with Gasteiger partial charge in [-0.2, -0.15) is 0 Å². The number of nitrogens with one attached hydrogen (secondary N) is 1. The number of thiazole rings is 1. The van der Waals surface area contributed by atoms with Gasteiger partial charge in [-0.3, -0.25) is 9.79 Å². The van der Waals surface area contributed by atoms with E-state index in [0.29, 0.717) is 6.61 Å². The van der Waals surface area contributed by atoms with Crippen LogP contribution in [0.3, 0.4) is 0 Å². The highest BCUT2D eigenvalue weighted by Crippen LogP contribution is 2.19. The standard InChI is InChI=1S/C15H24N4O2S.HI/c1-4-21-14(20)12-5-7-19(8-6-12)15(16-3)17-9-13-11(2)18-10-22-13;/h10,12H,4-9H2,1-3H3,(H,16,17);1H. The summed E-state index contributed by atoms with van der Waals surface area (Å²) in [5, 5.41) is 3.38. The third-order valence-electron chi connectivity index (χ3n) is 3.88. The fourth-order valence-electron chi connectivity index (χ4n) is 2.57. The number of ether oxygens (including phenoxy) is 1. The number of rotatable bonds is 4. The monoisotopic (exact) mass is 452 g/mol. The Hall–Kier alpha value is -0.900. The van der Waals surface area contributed by atoms with Crippen molar-refractivity contribution >= 4 is 47.2 Å². The van der Waals surface area contributed by atoms with Gasteiger partial charge in [-0.15, -0.1) is 35.3 Å². The van der Waals surface area contributed by atoms with Crippen LogP contribution in [0.25, 0.3) is 0 Å². The van der Waals surface area contributed by atoms with E-state index in [4.69, 9.17) is 4.74 Å². The average molecular weight is 452 g/mol. The van der Waals surface area contributed by atoms with Crippen molar-refractivity contribution < 1.29 is 9.53 Å². The Bertz CT molecular complexity index is 527. The highest BCUT2D eigenvalue weighted by atomic mass is 127. The number of guanidine groups is 1. The van der Waals surface area contributed by atoms with Crippen LogP contribution in [0, 0.1) is 12.8 Å². The largest absolute Gasteiger partial charge is 0.466 e. The van der Waals surface area contributed by atoms with Gasteiger partial charge in [0, 0.05) is 25.0 Å². The summed E-state index contributed by atoms with van der Waals surface area (Å²) in [7, 11) is 1.79. The second-order valence-corrected chi connectivity index (χ2v) is 6.21. The van der Waals surface area contributed by atoms with Gasteiger partial charge in [-0.25, -0.2) is 4.98 Å². The smallest absolute Gasteiger partial charge is 0.309 e. The zero-order valence-electron chi connectivity index (χ0n) is 13.9. The third kappa shape index (κ3) is 5.59. The van der Waals surface area contributed by atoms with Gasteiger partial charge in [-0.05, 0) is 26.7 Å². The highest BCUT2D eigenvalue weighted by molar-refractivity contribution is 14.0. The van der Waals surface area contributed by atoms with Crippen LogP contribution in [-0.4, -0.2) is 48.6 Å². The first-order valence-corrected chi connectivity index (χ1v) is 8.54. The van der Waals surface area contributed by atoms with Crippen molar-refractivity contribution in [1.82, 2.24) is 15.2 Å². The van der Waals surface area contributed by atoms with Crippen LogP contribution < -0.4 is 5.32 Å². The summed E-state index contributed by atoms with van der Waals surface area (Å²) in [4.78, 5) is 23.8. The normalized spacial score (nSPS) is 16.0. The van der Waals surface area contributed by atoms with E-state index in [1.165, 1.54) is 4.88 Å². The molecule has 0 amide bonds. The predicted octanol–water partition coefficient (Wildman–Crippen LogP) is 2.42. The molecule has 0 atom stereocenters. The predicted molar refractivity (Wildman–Crippen MR) is 103 cm³/mol. The summed E-state index contributed by atoms with van der Waals surface area (Å²) in [6.45, 7) is 6.70. The topological polar surface area (TPSA) is 66.8 Å². The number of likely N-dealkylation sites (tertiary alicyclic amines) is 1. The van der Waals surface area contributed by atoms with Gasteiger partial charge in [0.1, 0.15) is 0 Å². The SMILES string of the molecule is CCOC(=O)C1CCN(C(=NC)NCc2scnc2C)CC1.I. The number of carbonyl (C=O) groups is 1. The van der Waals surface area contributed by atoms with E-state index in [0.717, 1.165) is 44.1 Å². The van der Waals surface area contributed by atoms with E-state index in [-0.39, 0.29) is 35.9 Å². The molecule has 0 unspecified atom stereocenters. The summed E-state index contributed by atoms with van der Waals surface area (Å²) in [5.74, 6) is 0.846. The van der Waals surface area contributed by atoms with E-state index in [1.807, 2.05) is 19.4 Å². The van der Waals surface area contributed by atoms with Gasteiger partial charge >= 0.3 is 5.97 Å². The van der Waals surface area contributed by atoms with Crippen LogP contribution in [0.5, 0.6) is 0 Å². The lowest BCUT2D eigenvalue weighted by Gasteiger charge is -2.33. The van der Waals surface area contributed by atoms with Crippen LogP contribution in [0.4, 0.5) is 0 Å². The quantitative estimate of drug-likeness (QED) is 0.329. The molecule has 1 aliphatic rings. The first-order chi connectivity index (χ1) is 10.7. The average Bonchev–Trinajstić information content (AvgIpc) is 2.94. The number of nitrogens with zero attached hydrogens (tertiary/aromatic N) is 3. The molecule has 1 aromatic heterocycles. The minimum atomic E-state index is -0.0645. The zero-order valence-corrected chi connectivity index (χ0v) is 17.0. The Morgan fingerprint density at radius 3 is 2.74 bits per heavy atom.